The first-order valence-corrected chi connectivity index (χ1v) is 7.97. The highest BCUT2D eigenvalue weighted by Gasteiger charge is 2.09. The van der Waals surface area contributed by atoms with Crippen molar-refractivity contribution in [2.24, 2.45) is 7.05 Å². The summed E-state index contributed by atoms with van der Waals surface area (Å²) in [7, 11) is 1.76. The summed E-state index contributed by atoms with van der Waals surface area (Å²) in [6.07, 6.45) is 0. The van der Waals surface area contributed by atoms with E-state index >= 15 is 0 Å². The quantitative estimate of drug-likeness (QED) is 0.544. The predicted octanol–water partition coefficient (Wildman–Crippen LogP) is 3.74. The summed E-state index contributed by atoms with van der Waals surface area (Å²) in [5, 5.41) is 1.36. The molecule has 3 nitrogen and oxygen atoms in total. The summed E-state index contributed by atoms with van der Waals surface area (Å²) >= 11 is 1.53. The van der Waals surface area contributed by atoms with Gasteiger partial charge in [0.2, 0.25) is 0 Å². The molecule has 0 saturated carbocycles. The molecule has 0 aliphatic heterocycles. The van der Waals surface area contributed by atoms with E-state index in [-0.39, 0.29) is 5.56 Å². The Balaban J connectivity index is 1.87. The molecule has 0 spiro atoms. The van der Waals surface area contributed by atoms with Crippen LogP contribution < -0.4 is 5.56 Å². The highest BCUT2D eigenvalue weighted by atomic mass is 32.2. The second-order valence-corrected chi connectivity index (χ2v) is 5.98. The van der Waals surface area contributed by atoms with Crippen LogP contribution in [-0.4, -0.2) is 15.3 Å². The molecule has 0 fully saturated rings. The van der Waals surface area contributed by atoms with Gasteiger partial charge in [0, 0.05) is 12.8 Å². The molecule has 0 N–H and O–H groups in total. The minimum Gasteiger partial charge on any atom is -0.290 e. The standard InChI is InChI=1S/C18H16N2OS/c1-13(14-8-4-3-5-9-14)12-22-18-19-16-11-7-6-10-15(16)17(21)20(18)2/h3-11H,1,12H2,2H3. The van der Waals surface area contributed by atoms with Crippen molar-refractivity contribution in [3.8, 4) is 0 Å². The predicted molar refractivity (Wildman–Crippen MR) is 93.2 cm³/mol. The first-order valence-electron chi connectivity index (χ1n) is 6.98. The number of rotatable bonds is 4. The molecule has 1 aromatic heterocycles. The van der Waals surface area contributed by atoms with Crippen LogP contribution in [0.4, 0.5) is 0 Å². The van der Waals surface area contributed by atoms with Crippen molar-refractivity contribution in [1.82, 2.24) is 9.55 Å². The number of nitrogens with zero attached hydrogens (tertiary/aromatic N) is 2. The Kier molecular flexibility index (Phi) is 4.11. The molecule has 0 bridgehead atoms. The van der Waals surface area contributed by atoms with Crippen molar-refractivity contribution in [3.05, 3.63) is 77.1 Å². The van der Waals surface area contributed by atoms with E-state index in [1.165, 1.54) is 11.8 Å². The van der Waals surface area contributed by atoms with Crippen molar-refractivity contribution in [2.45, 2.75) is 5.16 Å². The van der Waals surface area contributed by atoms with E-state index < -0.39 is 0 Å². The second kappa shape index (κ2) is 6.20. The lowest BCUT2D eigenvalue weighted by Gasteiger charge is -2.10. The monoisotopic (exact) mass is 308 g/mol. The summed E-state index contributed by atoms with van der Waals surface area (Å²) in [5.74, 6) is 0.697. The van der Waals surface area contributed by atoms with Gasteiger partial charge in [-0.05, 0) is 23.3 Å². The molecule has 3 aromatic rings. The number of aromatic nitrogens is 2. The van der Waals surface area contributed by atoms with Gasteiger partial charge in [-0.25, -0.2) is 4.98 Å². The van der Waals surface area contributed by atoms with Gasteiger partial charge in [-0.15, -0.1) is 0 Å². The summed E-state index contributed by atoms with van der Waals surface area (Å²) < 4.78 is 1.60. The van der Waals surface area contributed by atoms with E-state index in [2.05, 4.69) is 11.6 Å². The zero-order valence-electron chi connectivity index (χ0n) is 12.3. The average molecular weight is 308 g/mol. The molecule has 0 aliphatic carbocycles. The van der Waals surface area contributed by atoms with Crippen LogP contribution in [0, 0.1) is 0 Å². The zero-order valence-corrected chi connectivity index (χ0v) is 13.1. The van der Waals surface area contributed by atoms with Crippen LogP contribution in [0.15, 0.2) is 71.1 Å². The van der Waals surface area contributed by atoms with Gasteiger partial charge in [0.15, 0.2) is 5.16 Å². The third-order valence-electron chi connectivity index (χ3n) is 3.50. The van der Waals surface area contributed by atoms with Gasteiger partial charge < -0.3 is 0 Å². The fourth-order valence-corrected chi connectivity index (χ4v) is 3.14. The average Bonchev–Trinajstić information content (AvgIpc) is 2.57. The lowest BCUT2D eigenvalue weighted by atomic mass is 10.1. The van der Waals surface area contributed by atoms with Crippen molar-refractivity contribution < 1.29 is 0 Å². The molecule has 3 rings (SSSR count). The van der Waals surface area contributed by atoms with Gasteiger partial charge in [-0.2, -0.15) is 0 Å². The van der Waals surface area contributed by atoms with Crippen LogP contribution in [-0.2, 0) is 7.05 Å². The number of benzene rings is 2. The van der Waals surface area contributed by atoms with Crippen molar-refractivity contribution in [1.29, 1.82) is 0 Å². The molecule has 0 atom stereocenters. The largest absolute Gasteiger partial charge is 0.290 e. The normalized spacial score (nSPS) is 10.8. The summed E-state index contributed by atoms with van der Waals surface area (Å²) in [6.45, 7) is 4.12. The Morgan fingerprint density at radius 3 is 2.59 bits per heavy atom. The van der Waals surface area contributed by atoms with E-state index in [0.29, 0.717) is 16.3 Å². The molecule has 2 aromatic carbocycles. The number of hydrogen-bond donors (Lipinski definition) is 0. The molecule has 110 valence electrons. The summed E-state index contributed by atoms with van der Waals surface area (Å²) in [4.78, 5) is 16.9. The molecular weight excluding hydrogens is 292 g/mol. The SMILES string of the molecule is C=C(CSc1nc2ccccc2c(=O)n1C)c1ccccc1. The molecular formula is C18H16N2OS. The molecule has 1 heterocycles. The van der Waals surface area contributed by atoms with Crippen LogP contribution in [0.2, 0.25) is 0 Å². The zero-order chi connectivity index (χ0) is 15.5. The fourth-order valence-electron chi connectivity index (χ4n) is 2.24. The van der Waals surface area contributed by atoms with Gasteiger partial charge in [-0.1, -0.05) is 60.8 Å². The molecule has 4 heteroatoms. The maximum atomic E-state index is 12.4. The fraction of sp³-hybridized carbons (Fsp3) is 0.111. The first kappa shape index (κ1) is 14.6. The maximum absolute atomic E-state index is 12.4. The topological polar surface area (TPSA) is 34.9 Å². The number of para-hydroxylation sites is 1. The Morgan fingerprint density at radius 2 is 1.82 bits per heavy atom. The van der Waals surface area contributed by atoms with Gasteiger partial charge in [0.25, 0.3) is 5.56 Å². The van der Waals surface area contributed by atoms with Crippen LogP contribution in [0.1, 0.15) is 5.56 Å². The number of thioether (sulfide) groups is 1. The Hall–Kier alpha value is -2.33. The molecule has 0 radical (unpaired) electrons. The van der Waals surface area contributed by atoms with E-state index in [9.17, 15) is 4.79 Å². The molecule has 0 aliphatic rings. The summed E-state index contributed by atoms with van der Waals surface area (Å²) in [6, 6.07) is 17.5. The third-order valence-corrected chi connectivity index (χ3v) is 4.62. The minimum absolute atomic E-state index is 0.0153. The lowest BCUT2D eigenvalue weighted by Crippen LogP contribution is -2.20. The second-order valence-electron chi connectivity index (χ2n) is 5.03. The van der Waals surface area contributed by atoms with Crippen LogP contribution in [0.3, 0.4) is 0 Å². The Bertz CT molecular complexity index is 884. The lowest BCUT2D eigenvalue weighted by molar-refractivity contribution is 0.727. The van der Waals surface area contributed by atoms with Gasteiger partial charge in [0.05, 0.1) is 10.9 Å². The van der Waals surface area contributed by atoms with Crippen molar-refractivity contribution in [3.63, 3.8) is 0 Å². The molecule has 0 amide bonds. The minimum atomic E-state index is -0.0153. The number of hydrogen-bond acceptors (Lipinski definition) is 3. The van der Waals surface area contributed by atoms with E-state index in [1.54, 1.807) is 11.6 Å². The van der Waals surface area contributed by atoms with Crippen molar-refractivity contribution >= 4 is 28.2 Å². The van der Waals surface area contributed by atoms with E-state index in [4.69, 9.17) is 0 Å². The van der Waals surface area contributed by atoms with Crippen LogP contribution >= 0.6 is 11.8 Å². The smallest absolute Gasteiger partial charge is 0.261 e. The third kappa shape index (κ3) is 2.83. The van der Waals surface area contributed by atoms with E-state index in [1.807, 2.05) is 54.6 Å². The molecule has 0 unspecified atom stereocenters. The first-order chi connectivity index (χ1) is 10.7. The highest BCUT2D eigenvalue weighted by molar-refractivity contribution is 7.99. The van der Waals surface area contributed by atoms with Crippen LogP contribution in [0.25, 0.3) is 16.5 Å². The molecule has 22 heavy (non-hydrogen) atoms. The van der Waals surface area contributed by atoms with Gasteiger partial charge in [-0.3, -0.25) is 9.36 Å². The van der Waals surface area contributed by atoms with Gasteiger partial charge in [0.1, 0.15) is 0 Å². The van der Waals surface area contributed by atoms with Crippen LogP contribution in [0.5, 0.6) is 0 Å². The Morgan fingerprint density at radius 1 is 1.14 bits per heavy atom. The molecule has 0 saturated heterocycles. The van der Waals surface area contributed by atoms with E-state index in [0.717, 1.165) is 16.7 Å². The Labute approximate surface area is 133 Å². The van der Waals surface area contributed by atoms with Gasteiger partial charge >= 0.3 is 0 Å². The highest BCUT2D eigenvalue weighted by Crippen LogP contribution is 2.23. The maximum Gasteiger partial charge on any atom is 0.261 e. The van der Waals surface area contributed by atoms with Crippen molar-refractivity contribution in [2.75, 3.05) is 5.75 Å². The summed E-state index contributed by atoms with van der Waals surface area (Å²) in [5.41, 5.74) is 2.85. The number of fused-ring (bicyclic) bond motifs is 1.